The van der Waals surface area contributed by atoms with Gasteiger partial charge in [0.2, 0.25) is 0 Å². The second kappa shape index (κ2) is 7.82. The topological polar surface area (TPSA) is 64.4 Å². The molecule has 1 aliphatic rings. The first-order valence-electron chi connectivity index (χ1n) is 8.35. The van der Waals surface area contributed by atoms with Crippen LogP contribution < -0.4 is 0 Å². The smallest absolute Gasteiger partial charge is 0.310 e. The van der Waals surface area contributed by atoms with Crippen molar-refractivity contribution in [2.75, 3.05) is 19.7 Å². The molecule has 1 atom stereocenters. The van der Waals surface area contributed by atoms with Crippen LogP contribution in [-0.4, -0.2) is 46.3 Å². The number of piperidine rings is 1. The van der Waals surface area contributed by atoms with Gasteiger partial charge in [-0.15, -0.1) is 0 Å². The summed E-state index contributed by atoms with van der Waals surface area (Å²) < 4.78 is 7.75. The zero-order chi connectivity index (χ0) is 17.8. The molecule has 1 aliphatic heterocycles. The van der Waals surface area contributed by atoms with Crippen molar-refractivity contribution in [3.8, 4) is 5.69 Å². The third kappa shape index (κ3) is 4.10. The minimum atomic E-state index is -0.237. The highest BCUT2D eigenvalue weighted by atomic mass is 79.9. The molecule has 0 N–H and O–H groups in total. The fourth-order valence-electron chi connectivity index (χ4n) is 2.96. The molecular formula is C18H20BrN3O3. The van der Waals surface area contributed by atoms with Crippen molar-refractivity contribution in [1.82, 2.24) is 14.7 Å². The number of likely N-dealkylation sites (tertiary alicyclic amines) is 1. The second-order valence-corrected chi connectivity index (χ2v) is 6.91. The van der Waals surface area contributed by atoms with Crippen LogP contribution >= 0.6 is 15.9 Å². The molecule has 7 heteroatoms. The van der Waals surface area contributed by atoms with Crippen LogP contribution in [0.3, 0.4) is 0 Å². The van der Waals surface area contributed by atoms with E-state index in [9.17, 15) is 9.59 Å². The highest BCUT2D eigenvalue weighted by Gasteiger charge is 2.30. The summed E-state index contributed by atoms with van der Waals surface area (Å²) in [6, 6.07) is 7.69. The van der Waals surface area contributed by atoms with Gasteiger partial charge in [-0.05, 0) is 44.0 Å². The Hall–Kier alpha value is -2.15. The summed E-state index contributed by atoms with van der Waals surface area (Å²) in [6.07, 6.45) is 4.86. The Labute approximate surface area is 154 Å². The van der Waals surface area contributed by atoms with Crippen LogP contribution in [0, 0.1) is 5.92 Å². The summed E-state index contributed by atoms with van der Waals surface area (Å²) in [7, 11) is 0. The average molecular weight is 406 g/mol. The molecule has 0 saturated carbocycles. The monoisotopic (exact) mass is 405 g/mol. The van der Waals surface area contributed by atoms with E-state index in [-0.39, 0.29) is 17.8 Å². The first-order chi connectivity index (χ1) is 12.1. The van der Waals surface area contributed by atoms with E-state index in [0.717, 1.165) is 23.0 Å². The van der Waals surface area contributed by atoms with Gasteiger partial charge in [0.15, 0.2) is 0 Å². The molecule has 1 fully saturated rings. The third-order valence-corrected chi connectivity index (χ3v) is 4.78. The fraction of sp³-hybridized carbons (Fsp3) is 0.389. The normalized spacial score (nSPS) is 17.4. The number of ether oxygens (including phenoxy) is 1. The van der Waals surface area contributed by atoms with Gasteiger partial charge in [-0.25, -0.2) is 4.68 Å². The van der Waals surface area contributed by atoms with E-state index >= 15 is 0 Å². The predicted molar refractivity (Wildman–Crippen MR) is 96.5 cm³/mol. The second-order valence-electron chi connectivity index (χ2n) is 5.99. The molecule has 1 aromatic carbocycles. The minimum Gasteiger partial charge on any atom is -0.466 e. The molecule has 1 unspecified atom stereocenters. The molecule has 2 heterocycles. The van der Waals surface area contributed by atoms with Crippen LogP contribution in [0.25, 0.3) is 5.69 Å². The molecule has 0 aliphatic carbocycles. The maximum Gasteiger partial charge on any atom is 0.310 e. The van der Waals surface area contributed by atoms with Crippen molar-refractivity contribution >= 4 is 27.8 Å². The number of hydrogen-bond acceptors (Lipinski definition) is 4. The quantitative estimate of drug-likeness (QED) is 0.733. The Morgan fingerprint density at radius 3 is 2.80 bits per heavy atom. The van der Waals surface area contributed by atoms with Gasteiger partial charge in [-0.2, -0.15) is 5.10 Å². The van der Waals surface area contributed by atoms with Crippen molar-refractivity contribution in [2.45, 2.75) is 19.8 Å². The molecule has 0 radical (unpaired) electrons. The van der Waals surface area contributed by atoms with Crippen molar-refractivity contribution in [2.24, 2.45) is 5.92 Å². The van der Waals surface area contributed by atoms with E-state index in [4.69, 9.17) is 4.74 Å². The van der Waals surface area contributed by atoms with E-state index < -0.39 is 0 Å². The SMILES string of the molecule is CCOC(=O)C1CCCN(C(=O)c2cnn(-c3ccc(Br)cc3)c2)C1. The molecule has 2 aromatic rings. The minimum absolute atomic E-state index is 0.0997. The third-order valence-electron chi connectivity index (χ3n) is 4.25. The number of amides is 1. The highest BCUT2D eigenvalue weighted by Crippen LogP contribution is 2.20. The van der Waals surface area contributed by atoms with Crippen LogP contribution in [0.15, 0.2) is 41.1 Å². The molecule has 132 valence electrons. The summed E-state index contributed by atoms with van der Waals surface area (Å²) in [6.45, 7) is 3.21. The summed E-state index contributed by atoms with van der Waals surface area (Å²) in [5, 5.41) is 4.28. The first kappa shape index (κ1) is 17.7. The van der Waals surface area contributed by atoms with Crippen LogP contribution in [-0.2, 0) is 9.53 Å². The number of esters is 1. The molecule has 6 nitrogen and oxygen atoms in total. The molecule has 1 amide bonds. The fourth-order valence-corrected chi connectivity index (χ4v) is 3.23. The number of benzene rings is 1. The maximum atomic E-state index is 12.7. The lowest BCUT2D eigenvalue weighted by molar-refractivity contribution is -0.149. The Bertz CT molecular complexity index is 757. The highest BCUT2D eigenvalue weighted by molar-refractivity contribution is 9.10. The Balaban J connectivity index is 1.70. The van der Waals surface area contributed by atoms with Crippen LogP contribution in [0.2, 0.25) is 0 Å². The lowest BCUT2D eigenvalue weighted by Crippen LogP contribution is -2.42. The molecular weight excluding hydrogens is 386 g/mol. The first-order valence-corrected chi connectivity index (χ1v) is 9.14. The maximum absolute atomic E-state index is 12.7. The van der Waals surface area contributed by atoms with Crippen LogP contribution in [0.1, 0.15) is 30.1 Å². The number of aromatic nitrogens is 2. The van der Waals surface area contributed by atoms with Gasteiger partial charge < -0.3 is 9.64 Å². The van der Waals surface area contributed by atoms with Gasteiger partial charge in [0, 0.05) is 23.8 Å². The van der Waals surface area contributed by atoms with Crippen molar-refractivity contribution < 1.29 is 14.3 Å². The van der Waals surface area contributed by atoms with E-state index in [0.29, 0.717) is 25.3 Å². The molecule has 0 bridgehead atoms. The van der Waals surface area contributed by atoms with Crippen LogP contribution in [0.5, 0.6) is 0 Å². The van der Waals surface area contributed by atoms with Crippen molar-refractivity contribution in [3.63, 3.8) is 0 Å². The molecule has 3 rings (SSSR count). The number of halogens is 1. The van der Waals surface area contributed by atoms with Gasteiger partial charge in [-0.3, -0.25) is 9.59 Å². The predicted octanol–water partition coefficient (Wildman–Crippen LogP) is 3.05. The number of rotatable bonds is 4. The largest absolute Gasteiger partial charge is 0.466 e. The Morgan fingerprint density at radius 1 is 1.32 bits per heavy atom. The van der Waals surface area contributed by atoms with E-state index in [2.05, 4.69) is 21.0 Å². The van der Waals surface area contributed by atoms with Crippen molar-refractivity contribution in [3.05, 3.63) is 46.7 Å². The number of carbonyl (C=O) groups excluding carboxylic acids is 2. The summed E-state index contributed by atoms with van der Waals surface area (Å²) in [5.41, 5.74) is 1.40. The van der Waals surface area contributed by atoms with Crippen LogP contribution in [0.4, 0.5) is 0 Å². The van der Waals surface area contributed by atoms with Gasteiger partial charge in [0.05, 0.1) is 30.0 Å². The summed E-state index contributed by atoms with van der Waals surface area (Å²) >= 11 is 3.40. The standard InChI is InChI=1S/C18H20BrN3O3/c1-2-25-18(24)13-4-3-9-21(11-13)17(23)14-10-20-22(12-14)16-7-5-15(19)6-8-16/h5-8,10,12-13H,2-4,9,11H2,1H3. The molecule has 0 spiro atoms. The molecule has 25 heavy (non-hydrogen) atoms. The van der Waals surface area contributed by atoms with Gasteiger partial charge >= 0.3 is 5.97 Å². The van der Waals surface area contributed by atoms with Gasteiger partial charge in [0.25, 0.3) is 5.91 Å². The summed E-state index contributed by atoms with van der Waals surface area (Å²) in [5.74, 6) is -0.554. The lowest BCUT2D eigenvalue weighted by atomic mass is 9.98. The number of nitrogens with zero attached hydrogens (tertiary/aromatic N) is 3. The van der Waals surface area contributed by atoms with E-state index in [1.54, 1.807) is 28.9 Å². The lowest BCUT2D eigenvalue weighted by Gasteiger charge is -2.31. The number of carbonyl (C=O) groups is 2. The zero-order valence-electron chi connectivity index (χ0n) is 14.0. The van der Waals surface area contributed by atoms with E-state index in [1.807, 2.05) is 24.3 Å². The zero-order valence-corrected chi connectivity index (χ0v) is 15.6. The van der Waals surface area contributed by atoms with Crippen molar-refractivity contribution in [1.29, 1.82) is 0 Å². The Kier molecular flexibility index (Phi) is 5.53. The Morgan fingerprint density at radius 2 is 2.08 bits per heavy atom. The van der Waals surface area contributed by atoms with E-state index in [1.165, 1.54) is 0 Å². The number of hydrogen-bond donors (Lipinski definition) is 0. The molecule has 1 saturated heterocycles. The average Bonchev–Trinajstić information content (AvgIpc) is 3.12. The summed E-state index contributed by atoms with van der Waals surface area (Å²) in [4.78, 5) is 26.4. The van der Waals surface area contributed by atoms with Gasteiger partial charge in [0.1, 0.15) is 0 Å². The van der Waals surface area contributed by atoms with Gasteiger partial charge in [-0.1, -0.05) is 15.9 Å². The molecule has 1 aromatic heterocycles.